The van der Waals surface area contributed by atoms with Crippen molar-refractivity contribution in [1.29, 1.82) is 0 Å². The van der Waals surface area contributed by atoms with Gasteiger partial charge in [-0.1, -0.05) is 12.1 Å². The smallest absolute Gasteiger partial charge is 0.0716 e. The fourth-order valence-electron chi connectivity index (χ4n) is 2.14. The number of hydrogen-bond acceptors (Lipinski definition) is 3. The van der Waals surface area contributed by atoms with Crippen LogP contribution in [0.4, 0.5) is 5.69 Å². The van der Waals surface area contributed by atoms with E-state index >= 15 is 0 Å². The lowest BCUT2D eigenvalue weighted by Crippen LogP contribution is -2.40. The van der Waals surface area contributed by atoms with Crippen molar-refractivity contribution in [2.45, 2.75) is 19.4 Å². The zero-order chi connectivity index (χ0) is 12.1. The highest BCUT2D eigenvalue weighted by Gasteiger charge is 2.13. The summed E-state index contributed by atoms with van der Waals surface area (Å²) >= 11 is 0. The van der Waals surface area contributed by atoms with Crippen molar-refractivity contribution in [3.05, 3.63) is 29.8 Å². The molecule has 3 nitrogen and oxygen atoms in total. The van der Waals surface area contributed by atoms with Crippen molar-refractivity contribution in [3.63, 3.8) is 0 Å². The zero-order valence-electron chi connectivity index (χ0n) is 10.8. The maximum absolute atomic E-state index is 5.70. The van der Waals surface area contributed by atoms with Crippen molar-refractivity contribution in [2.24, 2.45) is 0 Å². The van der Waals surface area contributed by atoms with Gasteiger partial charge in [0.25, 0.3) is 0 Å². The van der Waals surface area contributed by atoms with E-state index in [9.17, 15) is 0 Å². The summed E-state index contributed by atoms with van der Waals surface area (Å²) in [6.07, 6.45) is 1.45. The number of nitrogens with zero attached hydrogens (tertiary/aromatic N) is 1. The molecule has 1 aromatic carbocycles. The third-order valence-electron chi connectivity index (χ3n) is 3.23. The summed E-state index contributed by atoms with van der Waals surface area (Å²) in [6.45, 7) is 5.99. The maximum atomic E-state index is 5.70. The Morgan fingerprint density at radius 1 is 1.47 bits per heavy atom. The molecule has 1 fully saturated rings. The number of benzene rings is 1. The molecule has 1 atom stereocenters. The first-order valence-electron chi connectivity index (χ1n) is 6.36. The molecule has 0 aliphatic carbocycles. The number of morpholine rings is 1. The van der Waals surface area contributed by atoms with E-state index in [2.05, 4.69) is 48.5 Å². The van der Waals surface area contributed by atoms with E-state index in [1.807, 2.05) is 0 Å². The molecule has 1 N–H and O–H groups in total. The van der Waals surface area contributed by atoms with E-state index in [0.29, 0.717) is 6.10 Å². The van der Waals surface area contributed by atoms with Crippen LogP contribution in [0.15, 0.2) is 24.3 Å². The molecule has 0 radical (unpaired) electrons. The summed E-state index contributed by atoms with van der Waals surface area (Å²) < 4.78 is 5.70. The summed E-state index contributed by atoms with van der Waals surface area (Å²) in [5.74, 6) is 0. The largest absolute Gasteiger partial charge is 0.376 e. The first-order valence-corrected chi connectivity index (χ1v) is 6.36. The van der Waals surface area contributed by atoms with Gasteiger partial charge >= 0.3 is 0 Å². The fraction of sp³-hybridized carbons (Fsp3) is 0.571. The molecule has 1 aromatic rings. The Kier molecular flexibility index (Phi) is 4.40. The van der Waals surface area contributed by atoms with Crippen molar-refractivity contribution in [1.82, 2.24) is 5.32 Å². The van der Waals surface area contributed by atoms with Crippen molar-refractivity contribution < 1.29 is 4.74 Å². The van der Waals surface area contributed by atoms with Crippen molar-refractivity contribution in [3.8, 4) is 0 Å². The molecule has 1 heterocycles. The van der Waals surface area contributed by atoms with Gasteiger partial charge in [-0.2, -0.15) is 0 Å². The van der Waals surface area contributed by atoms with Crippen LogP contribution in [-0.4, -0.2) is 39.4 Å². The summed E-state index contributed by atoms with van der Waals surface area (Å²) in [7, 11) is 2.14. The molecule has 94 valence electrons. The van der Waals surface area contributed by atoms with Crippen LogP contribution in [-0.2, 0) is 4.74 Å². The van der Waals surface area contributed by atoms with Crippen LogP contribution in [0.5, 0.6) is 0 Å². The molecule has 0 bridgehead atoms. The Morgan fingerprint density at radius 2 is 2.35 bits per heavy atom. The number of ether oxygens (including phenoxy) is 1. The quantitative estimate of drug-likeness (QED) is 0.860. The highest BCUT2D eigenvalue weighted by Crippen LogP contribution is 2.15. The maximum Gasteiger partial charge on any atom is 0.0716 e. The Bertz CT molecular complexity index is 348. The van der Waals surface area contributed by atoms with Gasteiger partial charge in [0.2, 0.25) is 0 Å². The summed E-state index contributed by atoms with van der Waals surface area (Å²) in [6, 6.07) is 8.62. The van der Waals surface area contributed by atoms with Gasteiger partial charge in [0.1, 0.15) is 0 Å². The minimum absolute atomic E-state index is 0.371. The molecule has 17 heavy (non-hydrogen) atoms. The molecule has 0 amide bonds. The van der Waals surface area contributed by atoms with E-state index in [-0.39, 0.29) is 0 Å². The number of hydrogen-bond donors (Lipinski definition) is 1. The summed E-state index contributed by atoms with van der Waals surface area (Å²) in [5.41, 5.74) is 2.60. The molecule has 0 aromatic heterocycles. The van der Waals surface area contributed by atoms with Crippen LogP contribution in [0.1, 0.15) is 12.0 Å². The number of aryl methyl sites for hydroxylation is 1. The normalized spacial score (nSPS) is 20.2. The Morgan fingerprint density at radius 3 is 3.06 bits per heavy atom. The van der Waals surface area contributed by atoms with Gasteiger partial charge in [0.05, 0.1) is 12.7 Å². The molecule has 1 aliphatic rings. The molecule has 0 saturated carbocycles. The Hall–Kier alpha value is -1.06. The Labute approximate surface area is 104 Å². The minimum Gasteiger partial charge on any atom is -0.376 e. The number of anilines is 1. The molecule has 1 saturated heterocycles. The minimum atomic E-state index is 0.371. The van der Waals surface area contributed by atoms with Gasteiger partial charge in [-0.25, -0.2) is 0 Å². The fourth-order valence-corrected chi connectivity index (χ4v) is 2.14. The van der Waals surface area contributed by atoms with Crippen LogP contribution in [0, 0.1) is 6.92 Å². The summed E-state index contributed by atoms with van der Waals surface area (Å²) in [4.78, 5) is 2.30. The number of nitrogens with one attached hydrogen (secondary N) is 1. The summed E-state index contributed by atoms with van der Waals surface area (Å²) in [5, 5.41) is 3.36. The lowest BCUT2D eigenvalue weighted by Gasteiger charge is -2.26. The van der Waals surface area contributed by atoms with Crippen LogP contribution in [0.25, 0.3) is 0 Å². The van der Waals surface area contributed by atoms with Crippen LogP contribution in [0.3, 0.4) is 0 Å². The average molecular weight is 234 g/mol. The highest BCUT2D eigenvalue weighted by atomic mass is 16.5. The van der Waals surface area contributed by atoms with Gasteiger partial charge in [0, 0.05) is 32.4 Å². The Balaban J connectivity index is 1.82. The molecular weight excluding hydrogens is 212 g/mol. The van der Waals surface area contributed by atoms with Gasteiger partial charge in [0.15, 0.2) is 0 Å². The van der Waals surface area contributed by atoms with E-state index in [4.69, 9.17) is 4.74 Å². The van der Waals surface area contributed by atoms with Crippen molar-refractivity contribution in [2.75, 3.05) is 38.2 Å². The second kappa shape index (κ2) is 6.03. The zero-order valence-corrected chi connectivity index (χ0v) is 10.8. The van der Waals surface area contributed by atoms with Gasteiger partial charge in [-0.3, -0.25) is 0 Å². The van der Waals surface area contributed by atoms with E-state index in [1.165, 1.54) is 11.3 Å². The third kappa shape index (κ3) is 3.72. The SMILES string of the molecule is Cc1cccc(N(C)CCC2CNCCO2)c1. The van der Waals surface area contributed by atoms with E-state index in [0.717, 1.165) is 32.7 Å². The molecule has 0 spiro atoms. The average Bonchev–Trinajstić information content (AvgIpc) is 2.37. The first kappa shape index (κ1) is 12.4. The standard InChI is InChI=1S/C14H22N2O/c1-12-4-3-5-13(10-12)16(2)8-6-14-11-15-7-9-17-14/h3-5,10,14-15H,6-9,11H2,1-2H3. The predicted molar refractivity (Wildman–Crippen MR) is 71.7 cm³/mol. The topological polar surface area (TPSA) is 24.5 Å². The van der Waals surface area contributed by atoms with Crippen LogP contribution < -0.4 is 10.2 Å². The molecule has 3 heteroatoms. The van der Waals surface area contributed by atoms with Gasteiger partial charge in [-0.05, 0) is 31.0 Å². The van der Waals surface area contributed by atoms with E-state index < -0.39 is 0 Å². The second-order valence-corrected chi connectivity index (χ2v) is 4.75. The van der Waals surface area contributed by atoms with Crippen LogP contribution in [0.2, 0.25) is 0 Å². The second-order valence-electron chi connectivity index (χ2n) is 4.75. The predicted octanol–water partition coefficient (Wildman–Crippen LogP) is 1.81. The van der Waals surface area contributed by atoms with Gasteiger partial charge in [-0.15, -0.1) is 0 Å². The molecule has 1 aliphatic heterocycles. The van der Waals surface area contributed by atoms with Gasteiger partial charge < -0.3 is 15.0 Å². The molecule has 2 rings (SSSR count). The highest BCUT2D eigenvalue weighted by molar-refractivity contribution is 5.47. The number of rotatable bonds is 4. The first-order chi connectivity index (χ1) is 8.25. The monoisotopic (exact) mass is 234 g/mol. The van der Waals surface area contributed by atoms with E-state index in [1.54, 1.807) is 0 Å². The molecule has 1 unspecified atom stereocenters. The lowest BCUT2D eigenvalue weighted by molar-refractivity contribution is 0.0250. The lowest BCUT2D eigenvalue weighted by atomic mass is 10.2. The molecular formula is C14H22N2O. The third-order valence-corrected chi connectivity index (χ3v) is 3.23. The van der Waals surface area contributed by atoms with Crippen molar-refractivity contribution >= 4 is 5.69 Å². The van der Waals surface area contributed by atoms with Crippen LogP contribution >= 0.6 is 0 Å².